The van der Waals surface area contributed by atoms with Crippen LogP contribution in [0.1, 0.15) is 12.5 Å². The third-order valence-electron chi connectivity index (χ3n) is 2.13. The molecule has 0 radical (unpaired) electrons. The number of hydrogen-bond acceptors (Lipinski definition) is 5. The Labute approximate surface area is 111 Å². The van der Waals surface area contributed by atoms with E-state index in [-0.39, 0.29) is 6.61 Å². The second-order valence-corrected chi connectivity index (χ2v) is 3.60. The molecule has 0 aliphatic carbocycles. The Balaban J connectivity index is 3.00. The average molecular weight is 293 g/mol. The fraction of sp³-hybridized carbons (Fsp3) is 0.364. The summed E-state index contributed by atoms with van der Waals surface area (Å²) in [6.07, 6.45) is -4.79. The van der Waals surface area contributed by atoms with E-state index in [9.17, 15) is 28.1 Å². The highest BCUT2D eigenvalue weighted by atomic mass is 19.4. The van der Waals surface area contributed by atoms with Crippen LogP contribution in [-0.4, -0.2) is 24.1 Å². The summed E-state index contributed by atoms with van der Waals surface area (Å²) in [7, 11) is 0. The van der Waals surface area contributed by atoms with Crippen LogP contribution >= 0.6 is 0 Å². The molecule has 0 bridgehead atoms. The molecule has 0 aliphatic heterocycles. The second-order valence-electron chi connectivity index (χ2n) is 3.60. The summed E-state index contributed by atoms with van der Waals surface area (Å²) in [6.45, 7) is 0.387. The Morgan fingerprint density at radius 1 is 1.35 bits per heavy atom. The van der Waals surface area contributed by atoms with E-state index >= 15 is 0 Å². The lowest BCUT2D eigenvalue weighted by molar-refractivity contribution is -0.386. The summed E-state index contributed by atoms with van der Waals surface area (Å²) in [5, 5.41) is 10.7. The smallest absolute Gasteiger partial charge is 0.420 e. The van der Waals surface area contributed by atoms with Crippen molar-refractivity contribution in [3.8, 4) is 5.75 Å². The molecule has 0 N–H and O–H groups in total. The molecule has 1 rings (SSSR count). The lowest BCUT2D eigenvalue weighted by Crippen LogP contribution is -2.14. The molecule has 1 aromatic carbocycles. The molecule has 0 saturated heterocycles. The predicted octanol–water partition coefficient (Wildman–Crippen LogP) is 2.56. The number of para-hydroxylation sites is 1. The number of nitro benzene ring substituents is 1. The van der Waals surface area contributed by atoms with Crippen molar-refractivity contribution in [2.75, 3.05) is 13.2 Å². The average Bonchev–Trinajstić information content (AvgIpc) is 2.32. The molecule has 0 aromatic heterocycles. The van der Waals surface area contributed by atoms with Gasteiger partial charge in [-0.3, -0.25) is 14.9 Å². The van der Waals surface area contributed by atoms with Gasteiger partial charge in [-0.2, -0.15) is 13.2 Å². The summed E-state index contributed by atoms with van der Waals surface area (Å²) in [6, 6.07) is 2.49. The van der Waals surface area contributed by atoms with Crippen molar-refractivity contribution >= 4 is 11.7 Å². The number of rotatable bonds is 5. The van der Waals surface area contributed by atoms with Gasteiger partial charge in [-0.25, -0.2) is 0 Å². The maximum absolute atomic E-state index is 12.7. The van der Waals surface area contributed by atoms with Gasteiger partial charge in [0.25, 0.3) is 0 Å². The van der Waals surface area contributed by atoms with E-state index in [2.05, 4.69) is 4.74 Å². The fourth-order valence-electron chi connectivity index (χ4n) is 1.37. The van der Waals surface area contributed by atoms with Gasteiger partial charge in [0.2, 0.25) is 5.75 Å². The number of carbonyl (C=O) groups excluding carboxylic acids is 1. The van der Waals surface area contributed by atoms with E-state index in [1.807, 2.05) is 0 Å². The third-order valence-corrected chi connectivity index (χ3v) is 2.13. The number of carbonyl (C=O) groups is 1. The first kappa shape index (κ1) is 15.7. The molecule has 1 aromatic rings. The van der Waals surface area contributed by atoms with Gasteiger partial charge in [0.15, 0.2) is 0 Å². The van der Waals surface area contributed by atoms with Crippen LogP contribution < -0.4 is 4.74 Å². The number of nitro groups is 1. The Hall–Kier alpha value is -2.32. The Kier molecular flexibility index (Phi) is 4.89. The van der Waals surface area contributed by atoms with Crippen LogP contribution in [0.4, 0.5) is 18.9 Å². The van der Waals surface area contributed by atoms with E-state index in [0.29, 0.717) is 6.07 Å². The molecule has 6 nitrogen and oxygen atoms in total. The normalized spacial score (nSPS) is 11.0. The van der Waals surface area contributed by atoms with Crippen molar-refractivity contribution in [2.24, 2.45) is 0 Å². The van der Waals surface area contributed by atoms with E-state index in [4.69, 9.17) is 4.74 Å². The van der Waals surface area contributed by atoms with Crippen LogP contribution in [0.15, 0.2) is 18.2 Å². The van der Waals surface area contributed by atoms with Crippen LogP contribution in [0.2, 0.25) is 0 Å². The molecule has 110 valence electrons. The van der Waals surface area contributed by atoms with Crippen LogP contribution in [0.3, 0.4) is 0 Å². The van der Waals surface area contributed by atoms with E-state index in [0.717, 1.165) is 19.1 Å². The topological polar surface area (TPSA) is 78.7 Å². The van der Waals surface area contributed by atoms with Crippen molar-refractivity contribution in [1.29, 1.82) is 0 Å². The first-order valence-electron chi connectivity index (χ1n) is 5.34. The monoisotopic (exact) mass is 293 g/mol. The molecular formula is C11H10F3NO5. The van der Waals surface area contributed by atoms with Gasteiger partial charge < -0.3 is 9.47 Å². The highest BCUT2D eigenvalue weighted by Crippen LogP contribution is 2.41. The van der Waals surface area contributed by atoms with Gasteiger partial charge in [-0.05, 0) is 6.07 Å². The van der Waals surface area contributed by atoms with Crippen molar-refractivity contribution in [1.82, 2.24) is 0 Å². The number of ether oxygens (including phenoxy) is 2. The van der Waals surface area contributed by atoms with Crippen LogP contribution in [-0.2, 0) is 15.7 Å². The van der Waals surface area contributed by atoms with Gasteiger partial charge >= 0.3 is 17.8 Å². The zero-order chi connectivity index (χ0) is 15.3. The number of alkyl halides is 3. The quantitative estimate of drug-likeness (QED) is 0.361. The third kappa shape index (κ3) is 4.11. The number of esters is 1. The molecule has 20 heavy (non-hydrogen) atoms. The summed E-state index contributed by atoms with van der Waals surface area (Å²) in [5.41, 5.74) is -2.06. The Morgan fingerprint density at radius 2 is 2.00 bits per heavy atom. The lowest BCUT2D eigenvalue weighted by Gasteiger charge is -2.13. The predicted molar refractivity (Wildman–Crippen MR) is 60.2 cm³/mol. The van der Waals surface area contributed by atoms with Gasteiger partial charge in [0.1, 0.15) is 18.8 Å². The molecule has 0 spiro atoms. The molecule has 0 unspecified atom stereocenters. The number of halogens is 3. The van der Waals surface area contributed by atoms with Gasteiger partial charge in [-0.1, -0.05) is 6.07 Å². The molecule has 0 amide bonds. The Morgan fingerprint density at radius 3 is 2.50 bits per heavy atom. The van der Waals surface area contributed by atoms with E-state index < -0.39 is 40.7 Å². The summed E-state index contributed by atoms with van der Waals surface area (Å²) < 4.78 is 47.5. The fourth-order valence-corrected chi connectivity index (χ4v) is 1.37. The number of nitrogens with zero attached hydrogens (tertiary/aromatic N) is 1. The molecule has 9 heteroatoms. The van der Waals surface area contributed by atoms with Gasteiger partial charge in [-0.15, -0.1) is 0 Å². The van der Waals surface area contributed by atoms with Crippen molar-refractivity contribution in [3.63, 3.8) is 0 Å². The SMILES string of the molecule is CC(=O)OCCOc1c([N+](=O)[O-])cccc1C(F)(F)F. The molecule has 0 fully saturated rings. The number of benzene rings is 1. The summed E-state index contributed by atoms with van der Waals surface area (Å²) in [5.74, 6) is -1.52. The molecule has 0 atom stereocenters. The highest BCUT2D eigenvalue weighted by molar-refractivity contribution is 5.65. The zero-order valence-corrected chi connectivity index (χ0v) is 10.3. The Bertz CT molecular complexity index is 515. The summed E-state index contributed by atoms with van der Waals surface area (Å²) >= 11 is 0. The zero-order valence-electron chi connectivity index (χ0n) is 10.3. The van der Waals surface area contributed by atoms with Crippen LogP contribution in [0.25, 0.3) is 0 Å². The standard InChI is InChI=1S/C11H10F3NO5/c1-7(16)19-5-6-20-10-8(11(12,13)14)3-2-4-9(10)15(17)18/h2-4H,5-6H2,1H3. The van der Waals surface area contributed by atoms with Gasteiger partial charge in [0.05, 0.1) is 4.92 Å². The maximum Gasteiger partial charge on any atom is 0.420 e. The lowest BCUT2D eigenvalue weighted by atomic mass is 10.1. The van der Waals surface area contributed by atoms with Crippen molar-refractivity contribution in [3.05, 3.63) is 33.9 Å². The highest BCUT2D eigenvalue weighted by Gasteiger charge is 2.37. The first-order valence-corrected chi connectivity index (χ1v) is 5.34. The maximum atomic E-state index is 12.7. The molecule has 0 aliphatic rings. The van der Waals surface area contributed by atoms with Crippen molar-refractivity contribution < 1.29 is 32.4 Å². The van der Waals surface area contributed by atoms with Crippen LogP contribution in [0, 0.1) is 10.1 Å². The van der Waals surface area contributed by atoms with Crippen LogP contribution in [0.5, 0.6) is 5.75 Å². The van der Waals surface area contributed by atoms with E-state index in [1.165, 1.54) is 0 Å². The minimum Gasteiger partial charge on any atom is -0.483 e. The first-order chi connectivity index (χ1) is 9.23. The van der Waals surface area contributed by atoms with Gasteiger partial charge in [0, 0.05) is 13.0 Å². The van der Waals surface area contributed by atoms with Crippen molar-refractivity contribution in [2.45, 2.75) is 13.1 Å². The minimum atomic E-state index is -4.79. The van der Waals surface area contributed by atoms with E-state index in [1.54, 1.807) is 0 Å². The second kappa shape index (κ2) is 6.22. The largest absolute Gasteiger partial charge is 0.483 e. The molecule has 0 heterocycles. The molecule has 0 saturated carbocycles. The summed E-state index contributed by atoms with van der Waals surface area (Å²) in [4.78, 5) is 20.2. The molecular weight excluding hydrogens is 283 g/mol. The number of hydrogen-bond donors (Lipinski definition) is 0. The minimum absolute atomic E-state index is 0.307.